The molecule has 0 aliphatic carbocycles. The number of hydrogen-bond acceptors (Lipinski definition) is 8. The molecule has 0 aromatic rings. The highest BCUT2D eigenvalue weighted by Gasteiger charge is 2.14. The fourth-order valence-electron chi connectivity index (χ4n) is 9.92. The van der Waals surface area contributed by atoms with Crippen LogP contribution in [0.2, 0.25) is 0 Å². The fraction of sp³-hybridized carbons (Fsp3) is 0.938. The van der Waals surface area contributed by atoms with Gasteiger partial charge >= 0.3 is 11.9 Å². The van der Waals surface area contributed by atoms with Crippen LogP contribution in [0.25, 0.3) is 0 Å². The number of ether oxygens (including phenoxy) is 2. The highest BCUT2D eigenvalue weighted by Crippen LogP contribution is 2.25. The first-order valence-electron chi connectivity index (χ1n) is 32.0. The molecule has 0 heterocycles. The normalized spacial score (nSPS) is 11.3. The van der Waals surface area contributed by atoms with Crippen molar-refractivity contribution in [1.82, 2.24) is 10.1 Å². The lowest BCUT2D eigenvalue weighted by Crippen LogP contribution is -2.24. The zero-order valence-electron chi connectivity index (χ0n) is 50.7. The molecule has 2 amide bonds. The predicted octanol–water partition coefficient (Wildman–Crippen LogP) is 19.1. The summed E-state index contributed by atoms with van der Waals surface area (Å²) in [6.07, 6.45) is 57.5. The Morgan fingerprint density at radius 2 is 0.514 bits per heavy atom. The zero-order valence-corrected chi connectivity index (χ0v) is 50.7. The van der Waals surface area contributed by atoms with Gasteiger partial charge in [-0.15, -0.1) is 0 Å². The van der Waals surface area contributed by atoms with Crippen molar-refractivity contribution in [2.45, 2.75) is 336 Å². The van der Waals surface area contributed by atoms with Gasteiger partial charge in [0.2, 0.25) is 11.8 Å². The third-order valence-corrected chi connectivity index (χ3v) is 15.2. The molecule has 440 valence electrons. The summed E-state index contributed by atoms with van der Waals surface area (Å²) < 4.78 is 11.2. The Morgan fingerprint density at radius 3 is 0.757 bits per heavy atom. The van der Waals surface area contributed by atoms with Crippen LogP contribution in [0.15, 0.2) is 0 Å². The summed E-state index contributed by atoms with van der Waals surface area (Å²) in [4.78, 5) is 57.5. The zero-order chi connectivity index (χ0) is 54.8. The van der Waals surface area contributed by atoms with E-state index in [-0.39, 0.29) is 23.8 Å². The van der Waals surface area contributed by atoms with Gasteiger partial charge in [-0.3, -0.25) is 28.9 Å². The van der Waals surface area contributed by atoms with Crippen LogP contribution in [-0.4, -0.2) is 75.4 Å². The maximum absolute atomic E-state index is 12.2. The second-order valence-electron chi connectivity index (χ2n) is 22.1. The second kappa shape index (κ2) is 60.0. The summed E-state index contributed by atoms with van der Waals surface area (Å²) >= 11 is 0. The highest BCUT2D eigenvalue weighted by molar-refractivity contribution is 5.75. The topological polar surface area (TPSA) is 112 Å². The van der Waals surface area contributed by atoms with E-state index in [4.69, 9.17) is 19.1 Å². The molecule has 0 saturated carbocycles. The van der Waals surface area contributed by atoms with E-state index in [2.05, 4.69) is 27.7 Å². The van der Waals surface area contributed by atoms with Gasteiger partial charge in [-0.1, -0.05) is 272 Å². The molecule has 0 bridgehead atoms. The number of carbonyl (C=O) groups is 4. The van der Waals surface area contributed by atoms with Crippen molar-refractivity contribution in [2.24, 2.45) is 11.8 Å². The van der Waals surface area contributed by atoms with Gasteiger partial charge in [0.1, 0.15) is 0 Å². The van der Waals surface area contributed by atoms with Crippen LogP contribution in [0.4, 0.5) is 0 Å². The van der Waals surface area contributed by atoms with Crippen molar-refractivity contribution in [3.05, 3.63) is 0 Å². The number of amides is 2. The summed E-state index contributed by atoms with van der Waals surface area (Å²) in [6, 6.07) is 0. The molecule has 0 aromatic heterocycles. The largest absolute Gasteiger partial charge is 0.466 e. The summed E-state index contributed by atoms with van der Waals surface area (Å²) in [6.45, 7) is 10.2. The van der Waals surface area contributed by atoms with Gasteiger partial charge in [0.25, 0.3) is 0 Å². The van der Waals surface area contributed by atoms with Gasteiger partial charge < -0.3 is 9.47 Å². The third kappa shape index (κ3) is 54.6. The fourth-order valence-corrected chi connectivity index (χ4v) is 9.92. The van der Waals surface area contributed by atoms with Gasteiger partial charge in [-0.2, -0.15) is 0 Å². The van der Waals surface area contributed by atoms with Crippen molar-refractivity contribution < 1.29 is 38.3 Å². The Balaban J connectivity index is 0. The van der Waals surface area contributed by atoms with E-state index in [0.717, 1.165) is 51.4 Å². The number of hydrogen-bond donors (Lipinski definition) is 0. The highest BCUT2D eigenvalue weighted by atomic mass is 16.7. The Kier molecular flexibility index (Phi) is 59.9. The molecule has 0 atom stereocenters. The molecule has 0 aliphatic heterocycles. The average molecular weight is 1050 g/mol. The van der Waals surface area contributed by atoms with Gasteiger partial charge in [0, 0.05) is 39.8 Å². The molecular formula is C64H126N2O8. The first-order valence-corrected chi connectivity index (χ1v) is 32.0. The minimum atomic E-state index is -0.0896. The maximum atomic E-state index is 12.2. The van der Waals surface area contributed by atoms with Gasteiger partial charge in [0.05, 0.1) is 27.4 Å². The van der Waals surface area contributed by atoms with Crippen molar-refractivity contribution in [3.63, 3.8) is 0 Å². The van der Waals surface area contributed by atoms with Crippen LogP contribution in [0.1, 0.15) is 336 Å². The Labute approximate surface area is 459 Å². The van der Waals surface area contributed by atoms with Gasteiger partial charge in [-0.05, 0) is 50.4 Å². The molecule has 0 aromatic carbocycles. The number of rotatable bonds is 56. The van der Waals surface area contributed by atoms with Gasteiger partial charge in [0.15, 0.2) is 0 Å². The summed E-state index contributed by atoms with van der Waals surface area (Å²) in [7, 11) is 6.22. The molecule has 10 nitrogen and oxygen atoms in total. The van der Waals surface area contributed by atoms with E-state index in [9.17, 15) is 19.2 Å². The molecular weight excluding hydrogens is 925 g/mol. The van der Waals surface area contributed by atoms with E-state index in [1.807, 2.05) is 0 Å². The lowest BCUT2D eigenvalue weighted by molar-refractivity contribution is -0.169. The standard InChI is InChI=1S/C36H71NO4.C28H55NO4/c1-5-7-9-11-13-15-17-19-21-24-28-34(29-25-22-20-18-16-14-12-10-8-6-2)32-33-41-36(39)31-27-23-26-30-35(38)37(3)40-4;1-5-7-9-11-13-16-20-26(21-17-14-12-10-8-6-2)24-25-33-28(31)23-19-15-18-22-27(30)29(3)32-4/h34H,5-33H2,1-4H3;26H,5-25H2,1-4H3. The number of hydroxylamine groups is 4. The lowest BCUT2D eigenvalue weighted by atomic mass is 9.91. The van der Waals surface area contributed by atoms with E-state index < -0.39 is 0 Å². The molecule has 10 heteroatoms. The molecule has 0 rings (SSSR count). The average Bonchev–Trinajstić information content (AvgIpc) is 3.40. The van der Waals surface area contributed by atoms with Crippen LogP contribution in [-0.2, 0) is 38.3 Å². The van der Waals surface area contributed by atoms with Crippen LogP contribution in [0.5, 0.6) is 0 Å². The quantitative estimate of drug-likeness (QED) is 0.0336. The number of unbranched alkanes of at least 4 members (excludes halogenated alkanes) is 32. The number of nitrogens with zero attached hydrogens (tertiary/aromatic N) is 2. The molecule has 0 radical (unpaired) electrons. The second-order valence-corrected chi connectivity index (χ2v) is 22.1. The SMILES string of the molecule is CCCCCCCCC(CCCCCCCC)CCOC(=O)CCCCCC(=O)N(C)OC.CCCCCCCCCCCCC(CCCCCCCCCCCC)CCOC(=O)CCCCCC(=O)N(C)OC. The molecule has 0 saturated heterocycles. The summed E-state index contributed by atoms with van der Waals surface area (Å²) in [5.41, 5.74) is 0. The Morgan fingerprint density at radius 1 is 0.297 bits per heavy atom. The molecule has 0 N–H and O–H groups in total. The third-order valence-electron chi connectivity index (χ3n) is 15.2. The van der Waals surface area contributed by atoms with Crippen LogP contribution in [0, 0.1) is 11.8 Å². The van der Waals surface area contributed by atoms with E-state index in [1.165, 1.54) is 255 Å². The minimum Gasteiger partial charge on any atom is -0.466 e. The molecule has 0 aliphatic rings. The van der Waals surface area contributed by atoms with Crippen LogP contribution < -0.4 is 0 Å². The maximum Gasteiger partial charge on any atom is 0.305 e. The summed E-state index contributed by atoms with van der Waals surface area (Å²) in [5, 5.41) is 2.51. The number of carbonyl (C=O) groups excluding carboxylic acids is 4. The molecule has 0 fully saturated rings. The Hall–Kier alpha value is -2.20. The number of esters is 2. The minimum absolute atomic E-state index is 0.0223. The van der Waals surface area contributed by atoms with Gasteiger partial charge in [-0.25, -0.2) is 10.1 Å². The van der Waals surface area contributed by atoms with Crippen molar-refractivity contribution >= 4 is 23.8 Å². The molecule has 0 unspecified atom stereocenters. The van der Waals surface area contributed by atoms with E-state index in [0.29, 0.717) is 50.7 Å². The van der Waals surface area contributed by atoms with E-state index >= 15 is 0 Å². The Bertz CT molecular complexity index is 1160. The van der Waals surface area contributed by atoms with Crippen molar-refractivity contribution in [3.8, 4) is 0 Å². The smallest absolute Gasteiger partial charge is 0.305 e. The van der Waals surface area contributed by atoms with Crippen LogP contribution >= 0.6 is 0 Å². The van der Waals surface area contributed by atoms with Crippen molar-refractivity contribution in [2.75, 3.05) is 41.5 Å². The lowest BCUT2D eigenvalue weighted by Gasteiger charge is -2.17. The van der Waals surface area contributed by atoms with Crippen molar-refractivity contribution in [1.29, 1.82) is 0 Å². The predicted molar refractivity (Wildman–Crippen MR) is 313 cm³/mol. The molecule has 0 spiro atoms. The first-order chi connectivity index (χ1) is 36.1. The van der Waals surface area contributed by atoms with E-state index in [1.54, 1.807) is 14.1 Å². The summed E-state index contributed by atoms with van der Waals surface area (Å²) in [5.74, 6) is 1.16. The molecule has 74 heavy (non-hydrogen) atoms. The monoisotopic (exact) mass is 1050 g/mol. The first kappa shape index (κ1) is 73.9. The van der Waals surface area contributed by atoms with Crippen LogP contribution in [0.3, 0.4) is 0 Å².